The van der Waals surface area contributed by atoms with Crippen LogP contribution < -0.4 is 0 Å². The number of amides is 1. The average molecular weight is 331 g/mol. The van der Waals surface area contributed by atoms with Crippen LogP contribution in [0.3, 0.4) is 0 Å². The van der Waals surface area contributed by atoms with Gasteiger partial charge in [0.2, 0.25) is 0 Å². The van der Waals surface area contributed by atoms with Crippen LogP contribution in [-0.2, 0) is 0 Å². The second-order valence-corrected chi connectivity index (χ2v) is 6.39. The predicted molar refractivity (Wildman–Crippen MR) is 99.3 cm³/mol. The van der Waals surface area contributed by atoms with Crippen LogP contribution in [0.5, 0.6) is 0 Å². The molecule has 1 fully saturated rings. The van der Waals surface area contributed by atoms with Crippen LogP contribution in [0.1, 0.15) is 19.3 Å². The lowest BCUT2D eigenvalue weighted by atomic mass is 10.1. The van der Waals surface area contributed by atoms with E-state index in [0.717, 1.165) is 48.4 Å². The molecule has 4 nitrogen and oxygen atoms in total. The van der Waals surface area contributed by atoms with Crippen LogP contribution >= 0.6 is 0 Å². The summed E-state index contributed by atoms with van der Waals surface area (Å²) in [5, 5.41) is 4.66. The SMILES string of the molecule is O=C(N1CCCCC1)n1nc(-c2ccccc2)cc1-c1ccccc1. The fraction of sp³-hybridized carbons (Fsp3) is 0.238. The maximum Gasteiger partial charge on any atom is 0.345 e. The molecule has 2 heterocycles. The molecule has 4 rings (SSSR count). The lowest BCUT2D eigenvalue weighted by Crippen LogP contribution is -2.39. The summed E-state index contributed by atoms with van der Waals surface area (Å²) in [4.78, 5) is 15.0. The van der Waals surface area contributed by atoms with Crippen LogP contribution in [0.15, 0.2) is 66.7 Å². The number of hydrogen-bond acceptors (Lipinski definition) is 2. The normalized spacial score (nSPS) is 14.5. The van der Waals surface area contributed by atoms with E-state index in [0.29, 0.717) is 0 Å². The molecular formula is C21H21N3O. The molecule has 0 aliphatic carbocycles. The Morgan fingerprint density at radius 3 is 2.04 bits per heavy atom. The van der Waals surface area contributed by atoms with Gasteiger partial charge in [-0.25, -0.2) is 4.79 Å². The van der Waals surface area contributed by atoms with Crippen LogP contribution in [0.2, 0.25) is 0 Å². The van der Waals surface area contributed by atoms with E-state index in [2.05, 4.69) is 5.10 Å². The van der Waals surface area contributed by atoms with Crippen molar-refractivity contribution in [2.45, 2.75) is 19.3 Å². The molecule has 0 atom stereocenters. The predicted octanol–water partition coefficient (Wildman–Crippen LogP) is 4.67. The number of benzene rings is 2. The highest BCUT2D eigenvalue weighted by atomic mass is 16.2. The maximum atomic E-state index is 13.1. The quantitative estimate of drug-likeness (QED) is 0.684. The van der Waals surface area contributed by atoms with E-state index in [1.165, 1.54) is 6.42 Å². The van der Waals surface area contributed by atoms with Gasteiger partial charge in [0.15, 0.2) is 0 Å². The van der Waals surface area contributed by atoms with E-state index < -0.39 is 0 Å². The minimum atomic E-state index is -0.0271. The molecule has 0 N–H and O–H groups in total. The molecule has 0 radical (unpaired) electrons. The summed E-state index contributed by atoms with van der Waals surface area (Å²) >= 11 is 0. The number of carbonyl (C=O) groups is 1. The van der Waals surface area contributed by atoms with Gasteiger partial charge in [-0.05, 0) is 25.3 Å². The summed E-state index contributed by atoms with van der Waals surface area (Å²) in [6, 6.07) is 22.0. The first-order valence-corrected chi connectivity index (χ1v) is 8.83. The fourth-order valence-corrected chi connectivity index (χ4v) is 3.31. The molecule has 126 valence electrons. The number of rotatable bonds is 2. The van der Waals surface area contributed by atoms with Crippen molar-refractivity contribution in [3.05, 3.63) is 66.7 Å². The van der Waals surface area contributed by atoms with Crippen molar-refractivity contribution >= 4 is 6.03 Å². The molecule has 0 bridgehead atoms. The summed E-state index contributed by atoms with van der Waals surface area (Å²) in [7, 11) is 0. The zero-order valence-electron chi connectivity index (χ0n) is 14.1. The number of piperidine rings is 1. The third-order valence-corrected chi connectivity index (χ3v) is 4.66. The van der Waals surface area contributed by atoms with Gasteiger partial charge in [-0.1, -0.05) is 60.7 Å². The smallest absolute Gasteiger partial charge is 0.323 e. The van der Waals surface area contributed by atoms with Crippen LogP contribution in [0.25, 0.3) is 22.5 Å². The van der Waals surface area contributed by atoms with Crippen molar-refractivity contribution in [3.8, 4) is 22.5 Å². The minimum Gasteiger partial charge on any atom is -0.323 e. The molecular weight excluding hydrogens is 310 g/mol. The number of aromatic nitrogens is 2. The largest absolute Gasteiger partial charge is 0.345 e. The van der Waals surface area contributed by atoms with Gasteiger partial charge >= 0.3 is 6.03 Å². The first-order valence-electron chi connectivity index (χ1n) is 8.83. The Kier molecular flexibility index (Phi) is 4.34. The molecule has 1 saturated heterocycles. The van der Waals surface area contributed by atoms with Crippen molar-refractivity contribution in [1.29, 1.82) is 0 Å². The summed E-state index contributed by atoms with van der Waals surface area (Å²) in [6.07, 6.45) is 3.34. The highest BCUT2D eigenvalue weighted by Crippen LogP contribution is 2.27. The van der Waals surface area contributed by atoms with Crippen molar-refractivity contribution in [1.82, 2.24) is 14.7 Å². The molecule has 1 aliphatic heterocycles. The zero-order chi connectivity index (χ0) is 17.1. The highest BCUT2D eigenvalue weighted by molar-refractivity contribution is 5.84. The van der Waals surface area contributed by atoms with E-state index in [1.807, 2.05) is 71.6 Å². The summed E-state index contributed by atoms with van der Waals surface area (Å²) in [6.45, 7) is 1.63. The Bertz CT molecular complexity index is 849. The van der Waals surface area contributed by atoms with E-state index in [1.54, 1.807) is 4.68 Å². The lowest BCUT2D eigenvalue weighted by molar-refractivity contribution is 0.185. The summed E-state index contributed by atoms with van der Waals surface area (Å²) in [5.74, 6) is 0. The topological polar surface area (TPSA) is 38.1 Å². The number of carbonyl (C=O) groups excluding carboxylic acids is 1. The first-order chi connectivity index (χ1) is 12.3. The molecule has 0 saturated carbocycles. The standard InChI is InChI=1S/C21H21N3O/c25-21(23-14-8-3-9-15-23)24-20(18-12-6-2-7-13-18)16-19(22-24)17-10-4-1-5-11-17/h1-2,4-7,10-13,16H,3,8-9,14-15H2. The van der Waals surface area contributed by atoms with Crippen LogP contribution in [0, 0.1) is 0 Å². The van der Waals surface area contributed by atoms with Crippen molar-refractivity contribution in [2.24, 2.45) is 0 Å². The fourth-order valence-electron chi connectivity index (χ4n) is 3.31. The number of nitrogens with zero attached hydrogens (tertiary/aromatic N) is 3. The van der Waals surface area contributed by atoms with Gasteiger partial charge in [-0.2, -0.15) is 9.78 Å². The molecule has 0 spiro atoms. The van der Waals surface area contributed by atoms with Gasteiger partial charge in [-0.3, -0.25) is 0 Å². The number of likely N-dealkylation sites (tertiary alicyclic amines) is 1. The first kappa shape index (κ1) is 15.6. The molecule has 1 aliphatic rings. The van der Waals surface area contributed by atoms with E-state index >= 15 is 0 Å². The van der Waals surface area contributed by atoms with Crippen molar-refractivity contribution in [3.63, 3.8) is 0 Å². The Hall–Kier alpha value is -2.88. The number of hydrogen-bond donors (Lipinski definition) is 0. The molecule has 1 aromatic heterocycles. The van der Waals surface area contributed by atoms with Crippen molar-refractivity contribution in [2.75, 3.05) is 13.1 Å². The van der Waals surface area contributed by atoms with Crippen LogP contribution in [0.4, 0.5) is 4.79 Å². The summed E-state index contributed by atoms with van der Waals surface area (Å²) < 4.78 is 1.57. The molecule has 1 amide bonds. The lowest BCUT2D eigenvalue weighted by Gasteiger charge is -2.26. The van der Waals surface area contributed by atoms with Gasteiger partial charge in [-0.15, -0.1) is 0 Å². The maximum absolute atomic E-state index is 13.1. The summed E-state index contributed by atoms with van der Waals surface area (Å²) in [5.41, 5.74) is 3.69. The van der Waals surface area contributed by atoms with Crippen molar-refractivity contribution < 1.29 is 4.79 Å². The monoisotopic (exact) mass is 331 g/mol. The average Bonchev–Trinajstić information content (AvgIpc) is 3.15. The Morgan fingerprint density at radius 1 is 0.800 bits per heavy atom. The van der Waals surface area contributed by atoms with Crippen LogP contribution in [-0.4, -0.2) is 33.8 Å². The molecule has 4 heteroatoms. The highest BCUT2D eigenvalue weighted by Gasteiger charge is 2.23. The second kappa shape index (κ2) is 6.93. The van der Waals surface area contributed by atoms with Gasteiger partial charge in [0.25, 0.3) is 0 Å². The van der Waals surface area contributed by atoms with E-state index in [-0.39, 0.29) is 6.03 Å². The Balaban J connectivity index is 1.78. The van der Waals surface area contributed by atoms with E-state index in [9.17, 15) is 4.79 Å². The van der Waals surface area contributed by atoms with Gasteiger partial charge in [0.1, 0.15) is 0 Å². The molecule has 0 unspecified atom stereocenters. The minimum absolute atomic E-state index is 0.0271. The Morgan fingerprint density at radius 2 is 1.40 bits per heavy atom. The van der Waals surface area contributed by atoms with Gasteiger partial charge < -0.3 is 4.90 Å². The van der Waals surface area contributed by atoms with E-state index in [4.69, 9.17) is 0 Å². The molecule has 25 heavy (non-hydrogen) atoms. The van der Waals surface area contributed by atoms with Gasteiger partial charge in [0, 0.05) is 24.2 Å². The zero-order valence-corrected chi connectivity index (χ0v) is 14.1. The molecule has 3 aromatic rings. The second-order valence-electron chi connectivity index (χ2n) is 6.39. The van der Waals surface area contributed by atoms with Gasteiger partial charge in [0.05, 0.1) is 11.4 Å². The Labute approximate surface area is 147 Å². The third-order valence-electron chi connectivity index (χ3n) is 4.66. The molecule has 2 aromatic carbocycles. The third kappa shape index (κ3) is 3.20.